The van der Waals surface area contributed by atoms with Crippen molar-refractivity contribution in [2.75, 3.05) is 32.1 Å². The first-order chi connectivity index (χ1) is 8.90. The molecule has 4 heteroatoms. The highest BCUT2D eigenvalue weighted by atomic mass is 32.2. The van der Waals surface area contributed by atoms with E-state index < -0.39 is 0 Å². The van der Waals surface area contributed by atoms with Gasteiger partial charge in [0.2, 0.25) is 0 Å². The van der Waals surface area contributed by atoms with E-state index in [1.54, 1.807) is 11.8 Å². The van der Waals surface area contributed by atoms with Gasteiger partial charge in [0.05, 0.1) is 19.8 Å². The molecule has 0 fully saturated rings. The van der Waals surface area contributed by atoms with E-state index in [1.165, 1.54) is 4.90 Å². The second-order valence-electron chi connectivity index (χ2n) is 3.89. The Morgan fingerprint density at radius 1 is 1.28 bits per heavy atom. The molecule has 1 aromatic carbocycles. The molecule has 1 N–H and O–H groups in total. The molecular weight excluding hydrogens is 246 g/mol. The molecule has 0 radical (unpaired) electrons. The summed E-state index contributed by atoms with van der Waals surface area (Å²) in [6.45, 7) is 2.99. The zero-order chi connectivity index (χ0) is 12.6. The summed E-state index contributed by atoms with van der Waals surface area (Å²) in [5, 5.41) is 3.16. The molecular formula is C14H17NO2S. The van der Waals surface area contributed by atoms with E-state index in [2.05, 4.69) is 17.3 Å². The van der Waals surface area contributed by atoms with Crippen molar-refractivity contribution in [2.45, 2.75) is 11.3 Å². The number of hydrogen-bond donors (Lipinski definition) is 1. The van der Waals surface area contributed by atoms with Crippen molar-refractivity contribution in [3.63, 3.8) is 0 Å². The molecule has 0 spiro atoms. The number of benzene rings is 1. The summed E-state index contributed by atoms with van der Waals surface area (Å²) in [4.78, 5) is 1.20. The van der Waals surface area contributed by atoms with Crippen molar-refractivity contribution in [3.8, 4) is 23.8 Å². The summed E-state index contributed by atoms with van der Waals surface area (Å²) in [7, 11) is 0. The average Bonchev–Trinajstić information content (AvgIpc) is 2.63. The van der Waals surface area contributed by atoms with Crippen LogP contribution in [0.5, 0.6) is 11.5 Å². The zero-order valence-corrected chi connectivity index (χ0v) is 11.1. The van der Waals surface area contributed by atoms with Crippen LogP contribution in [0.25, 0.3) is 0 Å². The summed E-state index contributed by atoms with van der Waals surface area (Å²) >= 11 is 1.78. The predicted octanol–water partition coefficient (Wildman–Crippen LogP) is 2.16. The summed E-state index contributed by atoms with van der Waals surface area (Å²) in [5.74, 6) is 5.25. The van der Waals surface area contributed by atoms with Crippen molar-refractivity contribution < 1.29 is 9.47 Å². The summed E-state index contributed by atoms with van der Waals surface area (Å²) in [6, 6.07) is 6.10. The Hall–Kier alpha value is -1.31. The van der Waals surface area contributed by atoms with Gasteiger partial charge in [-0.15, -0.1) is 18.2 Å². The highest BCUT2D eigenvalue weighted by Crippen LogP contribution is 2.33. The van der Waals surface area contributed by atoms with Crippen molar-refractivity contribution in [1.29, 1.82) is 0 Å². The second-order valence-corrected chi connectivity index (χ2v) is 5.06. The van der Waals surface area contributed by atoms with Gasteiger partial charge in [-0.3, -0.25) is 0 Å². The number of thioether (sulfide) groups is 1. The molecule has 0 saturated carbocycles. The van der Waals surface area contributed by atoms with Gasteiger partial charge in [-0.05, 0) is 18.2 Å². The Kier molecular flexibility index (Phi) is 5.25. The fraction of sp³-hybridized carbons (Fsp3) is 0.429. The number of fused-ring (bicyclic) bond motifs is 1. The molecule has 0 atom stereocenters. The van der Waals surface area contributed by atoms with Crippen LogP contribution in [0, 0.1) is 12.3 Å². The van der Waals surface area contributed by atoms with Crippen LogP contribution in [-0.2, 0) is 0 Å². The summed E-state index contributed by atoms with van der Waals surface area (Å²) < 4.78 is 11.2. The minimum absolute atomic E-state index is 0.627. The highest BCUT2D eigenvalue weighted by Gasteiger charge is 2.10. The first-order valence-electron chi connectivity index (χ1n) is 6.07. The Bertz CT molecular complexity index is 428. The van der Waals surface area contributed by atoms with Crippen LogP contribution >= 0.6 is 11.8 Å². The fourth-order valence-electron chi connectivity index (χ4n) is 1.64. The average molecular weight is 263 g/mol. The van der Waals surface area contributed by atoms with Crippen LogP contribution < -0.4 is 14.8 Å². The largest absolute Gasteiger partial charge is 0.490 e. The Balaban J connectivity index is 1.86. The van der Waals surface area contributed by atoms with Crippen LogP contribution in [0.2, 0.25) is 0 Å². The first kappa shape index (κ1) is 13.1. The Morgan fingerprint density at radius 3 is 2.94 bits per heavy atom. The van der Waals surface area contributed by atoms with Gasteiger partial charge < -0.3 is 14.8 Å². The van der Waals surface area contributed by atoms with Crippen LogP contribution in [0.3, 0.4) is 0 Å². The van der Waals surface area contributed by atoms with E-state index >= 15 is 0 Å². The van der Waals surface area contributed by atoms with Gasteiger partial charge in [0.25, 0.3) is 0 Å². The third kappa shape index (κ3) is 3.86. The molecule has 1 heterocycles. The molecule has 3 nitrogen and oxygen atoms in total. The lowest BCUT2D eigenvalue weighted by Crippen LogP contribution is -2.16. The summed E-state index contributed by atoms with van der Waals surface area (Å²) in [5.41, 5.74) is 0. The number of terminal acetylenes is 1. The lowest BCUT2D eigenvalue weighted by molar-refractivity contribution is 0.297. The standard InChI is InChI=1S/C14H17NO2S/c1-2-6-15-7-10-18-12-4-5-13-14(11-12)17-9-3-8-16-13/h1,4-5,11,15H,3,6-10H2. The predicted molar refractivity (Wildman–Crippen MR) is 74.5 cm³/mol. The van der Waals surface area contributed by atoms with Gasteiger partial charge in [-0.2, -0.15) is 0 Å². The molecule has 1 aliphatic heterocycles. The number of ether oxygens (including phenoxy) is 2. The maximum atomic E-state index is 5.65. The van der Waals surface area contributed by atoms with E-state index in [0.717, 1.165) is 43.4 Å². The molecule has 0 aromatic heterocycles. The molecule has 18 heavy (non-hydrogen) atoms. The van der Waals surface area contributed by atoms with Gasteiger partial charge >= 0.3 is 0 Å². The van der Waals surface area contributed by atoms with Crippen LogP contribution in [0.15, 0.2) is 23.1 Å². The topological polar surface area (TPSA) is 30.5 Å². The van der Waals surface area contributed by atoms with E-state index in [-0.39, 0.29) is 0 Å². The molecule has 0 amide bonds. The third-order valence-electron chi connectivity index (χ3n) is 2.49. The number of nitrogens with one attached hydrogen (secondary N) is 1. The van der Waals surface area contributed by atoms with Crippen molar-refractivity contribution in [1.82, 2.24) is 5.32 Å². The molecule has 2 rings (SSSR count). The van der Waals surface area contributed by atoms with Gasteiger partial charge in [0.1, 0.15) is 0 Å². The molecule has 0 bridgehead atoms. The van der Waals surface area contributed by atoms with Crippen molar-refractivity contribution in [2.24, 2.45) is 0 Å². The quantitative estimate of drug-likeness (QED) is 0.501. The van der Waals surface area contributed by atoms with Crippen LogP contribution in [0.4, 0.5) is 0 Å². The SMILES string of the molecule is C#CCNCCSc1ccc2c(c1)OCCCO2. The molecule has 96 valence electrons. The second kappa shape index (κ2) is 7.20. The summed E-state index contributed by atoms with van der Waals surface area (Å²) in [6.07, 6.45) is 6.10. The fourth-order valence-corrected chi connectivity index (χ4v) is 2.47. The lowest BCUT2D eigenvalue weighted by Gasteiger charge is -2.09. The van der Waals surface area contributed by atoms with Gasteiger partial charge in [0.15, 0.2) is 11.5 Å². The van der Waals surface area contributed by atoms with Gasteiger partial charge in [-0.1, -0.05) is 5.92 Å². The van der Waals surface area contributed by atoms with Gasteiger partial charge in [0, 0.05) is 23.6 Å². The van der Waals surface area contributed by atoms with Gasteiger partial charge in [-0.25, -0.2) is 0 Å². The minimum Gasteiger partial charge on any atom is -0.490 e. The minimum atomic E-state index is 0.627. The molecule has 0 aliphatic carbocycles. The van der Waals surface area contributed by atoms with E-state index in [1.807, 2.05) is 12.1 Å². The van der Waals surface area contributed by atoms with E-state index in [9.17, 15) is 0 Å². The maximum absolute atomic E-state index is 5.65. The molecule has 0 saturated heterocycles. The lowest BCUT2D eigenvalue weighted by atomic mass is 10.3. The molecule has 0 unspecified atom stereocenters. The monoisotopic (exact) mass is 263 g/mol. The molecule has 1 aromatic rings. The van der Waals surface area contributed by atoms with Crippen molar-refractivity contribution >= 4 is 11.8 Å². The Labute approximate surface area is 112 Å². The third-order valence-corrected chi connectivity index (χ3v) is 3.49. The highest BCUT2D eigenvalue weighted by molar-refractivity contribution is 7.99. The zero-order valence-electron chi connectivity index (χ0n) is 10.3. The van der Waals surface area contributed by atoms with E-state index in [0.29, 0.717) is 6.54 Å². The molecule has 1 aliphatic rings. The van der Waals surface area contributed by atoms with Crippen LogP contribution in [0.1, 0.15) is 6.42 Å². The maximum Gasteiger partial charge on any atom is 0.162 e. The Morgan fingerprint density at radius 2 is 2.11 bits per heavy atom. The van der Waals surface area contributed by atoms with Crippen molar-refractivity contribution in [3.05, 3.63) is 18.2 Å². The van der Waals surface area contributed by atoms with Crippen LogP contribution in [-0.4, -0.2) is 32.1 Å². The first-order valence-corrected chi connectivity index (χ1v) is 7.05. The normalized spacial score (nSPS) is 13.7. The van der Waals surface area contributed by atoms with E-state index in [4.69, 9.17) is 15.9 Å². The number of hydrogen-bond acceptors (Lipinski definition) is 4. The number of rotatable bonds is 5. The smallest absolute Gasteiger partial charge is 0.162 e.